The summed E-state index contributed by atoms with van der Waals surface area (Å²) in [6, 6.07) is 0. The molecule has 0 unspecified atom stereocenters. The molecule has 138 valence electrons. The molecule has 0 spiro atoms. The van der Waals surface area contributed by atoms with E-state index in [1.807, 2.05) is 0 Å². The molecule has 26 heavy (non-hydrogen) atoms. The van der Waals surface area contributed by atoms with Crippen LogP contribution in [-0.4, -0.2) is 27.1 Å². The van der Waals surface area contributed by atoms with Crippen LogP contribution < -0.4 is 5.56 Å². The maximum atomic E-state index is 12.7. The fourth-order valence-electron chi connectivity index (χ4n) is 3.12. The average Bonchev–Trinajstić information content (AvgIpc) is 2.97. The number of Topliss-reactive ketones (excluding diaryl/α,β-unsaturated/α-hetero) is 1. The van der Waals surface area contributed by atoms with Crippen LogP contribution in [0.25, 0.3) is 0 Å². The molecule has 0 saturated carbocycles. The van der Waals surface area contributed by atoms with Gasteiger partial charge in [0, 0.05) is 17.5 Å². The Balaban J connectivity index is 2.02. The highest BCUT2D eigenvalue weighted by Crippen LogP contribution is 2.40. The van der Waals surface area contributed by atoms with Gasteiger partial charge in [-0.2, -0.15) is 0 Å². The van der Waals surface area contributed by atoms with Crippen LogP contribution in [0.1, 0.15) is 65.4 Å². The van der Waals surface area contributed by atoms with Crippen molar-refractivity contribution in [3.8, 4) is 5.88 Å². The molecule has 8 heteroatoms. The van der Waals surface area contributed by atoms with Crippen molar-refractivity contribution in [2.45, 2.75) is 51.9 Å². The Labute approximate surface area is 160 Å². The molecule has 2 heterocycles. The minimum Gasteiger partial charge on any atom is -0.494 e. The molecule has 0 aromatic carbocycles. The third-order valence-electron chi connectivity index (χ3n) is 4.46. The number of unbranched alkanes of at least 4 members (excludes halogenated alkanes) is 1. The summed E-state index contributed by atoms with van der Waals surface area (Å²) in [6.45, 7) is 2.06. The van der Waals surface area contributed by atoms with Crippen LogP contribution in [0.2, 0.25) is 0 Å². The molecule has 0 bridgehead atoms. The van der Waals surface area contributed by atoms with E-state index in [2.05, 4.69) is 21.9 Å². The van der Waals surface area contributed by atoms with E-state index in [1.165, 1.54) is 22.4 Å². The zero-order valence-electron chi connectivity index (χ0n) is 14.6. The van der Waals surface area contributed by atoms with Gasteiger partial charge in [0.2, 0.25) is 5.88 Å². The Kier molecular flexibility index (Phi) is 5.83. The molecule has 1 aliphatic rings. The second-order valence-electron chi connectivity index (χ2n) is 6.35. The van der Waals surface area contributed by atoms with Gasteiger partial charge in [0.15, 0.2) is 10.6 Å². The number of ketones is 1. The van der Waals surface area contributed by atoms with E-state index in [4.69, 9.17) is 12.2 Å². The van der Waals surface area contributed by atoms with Crippen LogP contribution in [0.3, 0.4) is 0 Å². The Hall–Kier alpha value is -2.06. The Morgan fingerprint density at radius 3 is 2.85 bits per heavy atom. The van der Waals surface area contributed by atoms with Crippen molar-refractivity contribution in [2.24, 2.45) is 4.99 Å². The lowest BCUT2D eigenvalue weighted by molar-refractivity contribution is 0.0980. The number of hydrogen-bond acceptors (Lipinski definition) is 6. The van der Waals surface area contributed by atoms with E-state index < -0.39 is 5.56 Å². The number of hydrogen-bond donors (Lipinski definition) is 3. The van der Waals surface area contributed by atoms with E-state index in [0.29, 0.717) is 17.0 Å². The summed E-state index contributed by atoms with van der Waals surface area (Å²) in [7, 11) is 0. The molecule has 0 saturated heterocycles. The fraction of sp³-hybridized carbons (Fsp3) is 0.444. The number of aliphatic imine (C=N–C) groups is 1. The smallest absolute Gasteiger partial charge is 0.264 e. The average molecular weight is 392 g/mol. The van der Waals surface area contributed by atoms with Gasteiger partial charge < -0.3 is 10.1 Å². The van der Waals surface area contributed by atoms with Crippen LogP contribution >= 0.6 is 23.6 Å². The highest BCUT2D eigenvalue weighted by molar-refractivity contribution is 7.71. The molecule has 0 fully saturated rings. The number of aryl methyl sites for hydroxylation is 1. The van der Waals surface area contributed by atoms with Crippen LogP contribution in [0.5, 0.6) is 5.88 Å². The number of aromatic nitrogens is 2. The van der Waals surface area contributed by atoms with Crippen molar-refractivity contribution in [2.75, 3.05) is 0 Å². The zero-order valence-corrected chi connectivity index (χ0v) is 16.2. The van der Waals surface area contributed by atoms with E-state index >= 15 is 0 Å². The monoisotopic (exact) mass is 391 g/mol. The third-order valence-corrected chi connectivity index (χ3v) is 5.86. The van der Waals surface area contributed by atoms with Crippen molar-refractivity contribution in [1.82, 2.24) is 9.97 Å². The maximum Gasteiger partial charge on any atom is 0.264 e. The molecule has 0 atom stereocenters. The van der Waals surface area contributed by atoms with E-state index in [0.717, 1.165) is 44.1 Å². The highest BCUT2D eigenvalue weighted by Gasteiger charge is 2.24. The summed E-state index contributed by atoms with van der Waals surface area (Å²) >= 11 is 6.33. The SMILES string of the molecule is CCCCC(=O)c1c(/N=C/c2c(O)[nH]c(=S)[nH]c2=O)sc2c1CCCC2. The number of nitrogens with one attached hydrogen (secondary N) is 2. The lowest BCUT2D eigenvalue weighted by atomic mass is 9.92. The van der Waals surface area contributed by atoms with Crippen LogP contribution in [0.15, 0.2) is 9.79 Å². The van der Waals surface area contributed by atoms with Gasteiger partial charge in [-0.25, -0.2) is 4.99 Å². The van der Waals surface area contributed by atoms with Gasteiger partial charge >= 0.3 is 0 Å². The first kappa shape index (κ1) is 18.7. The summed E-state index contributed by atoms with van der Waals surface area (Å²) in [6.07, 6.45) is 7.68. The predicted molar refractivity (Wildman–Crippen MR) is 106 cm³/mol. The summed E-state index contributed by atoms with van der Waals surface area (Å²) in [5.41, 5.74) is 1.31. The normalized spacial score (nSPS) is 13.9. The summed E-state index contributed by atoms with van der Waals surface area (Å²) < 4.78 is 0.0478. The topological polar surface area (TPSA) is 98.3 Å². The van der Waals surface area contributed by atoms with E-state index in [-0.39, 0.29) is 22.0 Å². The Morgan fingerprint density at radius 1 is 1.35 bits per heavy atom. The standard InChI is InChI=1S/C18H21N3O3S2/c1-2-3-7-12(22)14-10-6-4-5-8-13(10)26-17(14)19-9-11-15(23)20-18(25)21-16(11)24/h9H,2-8H2,1H3,(H3,20,21,23,24,25)/b19-9+. The summed E-state index contributed by atoms with van der Waals surface area (Å²) in [5, 5.41) is 10.5. The maximum absolute atomic E-state index is 12.7. The minimum absolute atomic E-state index is 0.00284. The number of aromatic hydroxyl groups is 1. The molecule has 1 aliphatic carbocycles. The van der Waals surface area contributed by atoms with Crippen LogP contribution in [-0.2, 0) is 12.8 Å². The molecular weight excluding hydrogens is 370 g/mol. The molecule has 6 nitrogen and oxygen atoms in total. The molecule has 2 aromatic rings. The predicted octanol–water partition coefficient (Wildman–Crippen LogP) is 4.20. The first-order valence-electron chi connectivity index (χ1n) is 8.78. The van der Waals surface area contributed by atoms with Gasteiger partial charge in [0.05, 0.1) is 5.56 Å². The summed E-state index contributed by atoms with van der Waals surface area (Å²) in [5.74, 6) is -0.216. The first-order valence-corrected chi connectivity index (χ1v) is 10.0. The van der Waals surface area contributed by atoms with Crippen molar-refractivity contribution in [1.29, 1.82) is 0 Å². The molecule has 3 N–H and O–H groups in total. The van der Waals surface area contributed by atoms with Crippen molar-refractivity contribution in [3.63, 3.8) is 0 Å². The summed E-state index contributed by atoms with van der Waals surface area (Å²) in [4.78, 5) is 35.2. The molecule has 2 aromatic heterocycles. The molecule has 0 amide bonds. The highest BCUT2D eigenvalue weighted by atomic mass is 32.1. The number of thiophene rings is 1. The second kappa shape index (κ2) is 8.09. The lowest BCUT2D eigenvalue weighted by Crippen LogP contribution is -2.13. The second-order valence-corrected chi connectivity index (χ2v) is 7.84. The molecule has 3 rings (SSSR count). The van der Waals surface area contributed by atoms with E-state index in [9.17, 15) is 14.7 Å². The lowest BCUT2D eigenvalue weighted by Gasteiger charge is -2.12. The number of fused-ring (bicyclic) bond motifs is 1. The van der Waals surface area contributed by atoms with Gasteiger partial charge in [-0.1, -0.05) is 13.3 Å². The van der Waals surface area contributed by atoms with Gasteiger partial charge in [0.25, 0.3) is 5.56 Å². The quantitative estimate of drug-likeness (QED) is 0.390. The van der Waals surface area contributed by atoms with Gasteiger partial charge in [-0.3, -0.25) is 14.6 Å². The number of aromatic amines is 2. The largest absolute Gasteiger partial charge is 0.494 e. The van der Waals surface area contributed by atoms with Crippen molar-refractivity contribution < 1.29 is 9.90 Å². The number of carbonyl (C=O) groups is 1. The van der Waals surface area contributed by atoms with Crippen LogP contribution in [0, 0.1) is 4.77 Å². The molecule has 0 aliphatic heterocycles. The van der Waals surface area contributed by atoms with Crippen LogP contribution in [0.4, 0.5) is 5.00 Å². The number of carbonyl (C=O) groups excluding carboxylic acids is 1. The van der Waals surface area contributed by atoms with Gasteiger partial charge in [0.1, 0.15) is 10.6 Å². The van der Waals surface area contributed by atoms with E-state index in [1.54, 1.807) is 0 Å². The fourth-order valence-corrected chi connectivity index (χ4v) is 4.56. The Morgan fingerprint density at radius 2 is 2.12 bits per heavy atom. The minimum atomic E-state index is -0.518. The van der Waals surface area contributed by atoms with Crippen molar-refractivity contribution >= 4 is 40.6 Å². The number of H-pyrrole nitrogens is 2. The molecular formula is C18H21N3O3S2. The van der Waals surface area contributed by atoms with Crippen molar-refractivity contribution in [3.05, 3.63) is 36.7 Å². The Bertz CT molecular complexity index is 969. The van der Waals surface area contributed by atoms with Gasteiger partial charge in [-0.05, 0) is 49.9 Å². The first-order chi connectivity index (χ1) is 12.5. The third kappa shape index (κ3) is 3.86. The zero-order chi connectivity index (χ0) is 18.7. The number of rotatable bonds is 6. The molecule has 0 radical (unpaired) electrons. The number of nitrogens with zero attached hydrogens (tertiary/aromatic N) is 1. The van der Waals surface area contributed by atoms with Gasteiger partial charge in [-0.15, -0.1) is 11.3 Å².